The third kappa shape index (κ3) is 4.46. The fourth-order valence-electron chi connectivity index (χ4n) is 4.82. The van der Waals surface area contributed by atoms with Gasteiger partial charge in [0, 0.05) is 35.8 Å². The summed E-state index contributed by atoms with van der Waals surface area (Å²) in [4.78, 5) is 41.5. The van der Waals surface area contributed by atoms with Gasteiger partial charge >= 0.3 is 11.8 Å². The van der Waals surface area contributed by atoms with E-state index in [2.05, 4.69) is 16.9 Å². The van der Waals surface area contributed by atoms with Crippen LogP contribution < -0.4 is 10.1 Å². The molecular formula is C27H26N4O6. The molecule has 2 aliphatic rings. The molecule has 0 bridgehead atoms. The van der Waals surface area contributed by atoms with Crippen LogP contribution in [0.2, 0.25) is 0 Å². The van der Waals surface area contributed by atoms with Crippen LogP contribution in [-0.2, 0) is 5.54 Å². The van der Waals surface area contributed by atoms with Gasteiger partial charge in [-0.05, 0) is 61.1 Å². The van der Waals surface area contributed by atoms with Crippen LogP contribution in [0.3, 0.4) is 0 Å². The summed E-state index contributed by atoms with van der Waals surface area (Å²) >= 11 is 0. The van der Waals surface area contributed by atoms with Crippen LogP contribution in [-0.4, -0.2) is 51.1 Å². The predicted molar refractivity (Wildman–Crippen MR) is 137 cm³/mol. The Morgan fingerprint density at radius 3 is 2.76 bits per heavy atom. The highest BCUT2D eigenvalue weighted by molar-refractivity contribution is 5.98. The number of likely N-dealkylation sites (tertiary alicyclic amines) is 1. The van der Waals surface area contributed by atoms with Crippen LogP contribution in [0.5, 0.6) is 5.75 Å². The Morgan fingerprint density at radius 2 is 2.14 bits per heavy atom. The van der Waals surface area contributed by atoms with E-state index < -0.39 is 16.6 Å². The van der Waals surface area contributed by atoms with E-state index in [4.69, 9.17) is 4.74 Å². The van der Waals surface area contributed by atoms with Gasteiger partial charge in [0.25, 0.3) is 5.91 Å². The van der Waals surface area contributed by atoms with Gasteiger partial charge in [0.15, 0.2) is 5.75 Å². The van der Waals surface area contributed by atoms with Gasteiger partial charge in [0.05, 0.1) is 22.0 Å². The number of fused-ring (bicyclic) bond motifs is 1. The third-order valence-electron chi connectivity index (χ3n) is 7.17. The summed E-state index contributed by atoms with van der Waals surface area (Å²) in [6.07, 6.45) is 4.49. The lowest BCUT2D eigenvalue weighted by atomic mass is 9.95. The third-order valence-corrected chi connectivity index (χ3v) is 7.17. The van der Waals surface area contributed by atoms with Crippen molar-refractivity contribution in [3.8, 4) is 5.75 Å². The van der Waals surface area contributed by atoms with E-state index >= 15 is 0 Å². The van der Waals surface area contributed by atoms with Crippen LogP contribution in [0.1, 0.15) is 46.3 Å². The molecule has 10 nitrogen and oxygen atoms in total. The summed E-state index contributed by atoms with van der Waals surface area (Å²) < 4.78 is 5.70. The fraction of sp³-hybridized carbons (Fsp3) is 0.296. The zero-order chi connectivity index (χ0) is 26.3. The molecule has 0 radical (unpaired) electrons. The lowest BCUT2D eigenvalue weighted by Crippen LogP contribution is -2.53. The highest BCUT2D eigenvalue weighted by Crippen LogP contribution is 2.48. The van der Waals surface area contributed by atoms with Crippen molar-refractivity contribution in [2.75, 3.05) is 13.2 Å². The number of aromatic nitrogens is 1. The van der Waals surface area contributed by atoms with Crippen LogP contribution in [0.25, 0.3) is 17.0 Å². The number of benzene rings is 2. The summed E-state index contributed by atoms with van der Waals surface area (Å²) in [5.41, 5.74) is 2.51. The molecule has 2 N–H and O–H groups in total. The van der Waals surface area contributed by atoms with Gasteiger partial charge in [0.1, 0.15) is 6.61 Å². The smallest absolute Gasteiger partial charge is 0.407 e. The second-order valence-corrected chi connectivity index (χ2v) is 9.50. The number of hydrogen-bond acceptors (Lipinski definition) is 6. The average molecular weight is 503 g/mol. The standard InChI is InChI=1S/C27H26N4O6/c1-3-17-12-21(19-5-4-9-28-22(19)13-17)27(7-8-27)29-25(32)20-14-24(23(31(35)36)11-16(20)2)37-15-18-6-10-30(18)26(33)34/h3-5,9,11-14,18H,1,6-8,10,15H2,2H3,(H,29,32)(H,33,34). The van der Waals surface area contributed by atoms with E-state index in [1.165, 1.54) is 17.0 Å². The molecule has 2 fully saturated rings. The second-order valence-electron chi connectivity index (χ2n) is 9.50. The molecular weight excluding hydrogens is 476 g/mol. The van der Waals surface area contributed by atoms with Crippen molar-refractivity contribution in [1.29, 1.82) is 0 Å². The van der Waals surface area contributed by atoms with Crippen molar-refractivity contribution in [2.24, 2.45) is 0 Å². The van der Waals surface area contributed by atoms with E-state index in [9.17, 15) is 24.8 Å². The molecule has 1 aliphatic heterocycles. The Labute approximate surface area is 212 Å². The van der Waals surface area contributed by atoms with E-state index in [0.29, 0.717) is 18.5 Å². The number of carboxylic acid groups (broad SMARTS) is 1. The number of ether oxygens (including phenoxy) is 1. The van der Waals surface area contributed by atoms with Gasteiger partial charge in [-0.25, -0.2) is 4.79 Å². The van der Waals surface area contributed by atoms with Crippen molar-refractivity contribution in [3.05, 3.63) is 81.5 Å². The number of amides is 2. The average Bonchev–Trinajstić information content (AvgIpc) is 3.62. The number of carbonyl (C=O) groups is 2. The van der Waals surface area contributed by atoms with Gasteiger partial charge in [-0.1, -0.05) is 18.7 Å². The summed E-state index contributed by atoms with van der Waals surface area (Å²) in [7, 11) is 0. The van der Waals surface area contributed by atoms with Gasteiger partial charge in [-0.2, -0.15) is 0 Å². The van der Waals surface area contributed by atoms with Crippen molar-refractivity contribution < 1.29 is 24.4 Å². The number of rotatable bonds is 8. The highest BCUT2D eigenvalue weighted by Gasteiger charge is 2.47. The largest absolute Gasteiger partial charge is 0.485 e. The fourth-order valence-corrected chi connectivity index (χ4v) is 4.82. The SMILES string of the molecule is C=Cc1cc(C2(NC(=O)c3cc(OCC4CCN4C(=O)O)c([N+](=O)[O-])cc3C)CC2)c2cccnc2c1. The number of carbonyl (C=O) groups excluding carboxylic acids is 1. The molecule has 5 rings (SSSR count). The zero-order valence-electron chi connectivity index (χ0n) is 20.3. The molecule has 1 saturated carbocycles. The second kappa shape index (κ2) is 9.20. The molecule has 2 amide bonds. The number of pyridine rings is 1. The Balaban J connectivity index is 1.44. The maximum atomic E-state index is 13.5. The maximum absolute atomic E-state index is 13.5. The number of nitrogens with one attached hydrogen (secondary N) is 1. The van der Waals surface area contributed by atoms with Gasteiger partial charge in [0.2, 0.25) is 0 Å². The first-order valence-corrected chi connectivity index (χ1v) is 12.0. The predicted octanol–water partition coefficient (Wildman–Crippen LogP) is 4.64. The van der Waals surface area contributed by atoms with Crippen LogP contribution in [0, 0.1) is 17.0 Å². The molecule has 3 aromatic rings. The Kier molecular flexibility index (Phi) is 6.02. The van der Waals surface area contributed by atoms with Crippen LogP contribution in [0.15, 0.2) is 49.2 Å². The zero-order valence-corrected chi connectivity index (χ0v) is 20.3. The molecule has 1 unspecified atom stereocenters. The van der Waals surface area contributed by atoms with Crippen molar-refractivity contribution in [2.45, 2.75) is 37.8 Å². The molecule has 1 atom stereocenters. The molecule has 37 heavy (non-hydrogen) atoms. The minimum Gasteiger partial charge on any atom is -0.485 e. The molecule has 10 heteroatoms. The summed E-state index contributed by atoms with van der Waals surface area (Å²) in [6.45, 7) is 5.87. The number of nitrogens with zero attached hydrogens (tertiary/aromatic N) is 3. The van der Waals surface area contributed by atoms with Gasteiger partial charge < -0.3 is 20.1 Å². The summed E-state index contributed by atoms with van der Waals surface area (Å²) in [6, 6.07) is 10.1. The Morgan fingerprint density at radius 1 is 1.35 bits per heavy atom. The number of nitro groups is 1. The van der Waals surface area contributed by atoms with Gasteiger partial charge in [-0.15, -0.1) is 0 Å². The number of aryl methyl sites for hydroxylation is 1. The lowest BCUT2D eigenvalue weighted by Gasteiger charge is -2.38. The van der Waals surface area contributed by atoms with E-state index in [1.54, 1.807) is 19.2 Å². The minimum absolute atomic E-state index is 0.0332. The van der Waals surface area contributed by atoms with Crippen molar-refractivity contribution in [1.82, 2.24) is 15.2 Å². The first-order valence-electron chi connectivity index (χ1n) is 12.0. The highest BCUT2D eigenvalue weighted by atomic mass is 16.6. The molecule has 0 spiro atoms. The quantitative estimate of drug-likeness (QED) is 0.338. The number of nitro benzene ring substituents is 1. The van der Waals surface area contributed by atoms with Crippen molar-refractivity contribution in [3.63, 3.8) is 0 Å². The van der Waals surface area contributed by atoms with Gasteiger partial charge in [-0.3, -0.25) is 19.9 Å². The summed E-state index contributed by atoms with van der Waals surface area (Å²) in [5.74, 6) is -0.433. The number of hydrogen-bond donors (Lipinski definition) is 2. The van der Waals surface area contributed by atoms with Crippen molar-refractivity contribution >= 4 is 34.7 Å². The molecule has 1 saturated heterocycles. The molecule has 190 valence electrons. The van der Waals surface area contributed by atoms with Crippen LogP contribution in [0.4, 0.5) is 10.5 Å². The minimum atomic E-state index is -1.06. The normalized spacial score (nSPS) is 17.5. The molecule has 1 aromatic heterocycles. The summed E-state index contributed by atoms with van der Waals surface area (Å²) in [5, 5.41) is 25.0. The Hall–Kier alpha value is -4.47. The molecule has 1 aliphatic carbocycles. The monoisotopic (exact) mass is 502 g/mol. The first kappa shape index (κ1) is 24.2. The topological polar surface area (TPSA) is 135 Å². The van der Waals surface area contributed by atoms with E-state index in [-0.39, 0.29) is 35.6 Å². The van der Waals surface area contributed by atoms with Crippen LogP contribution >= 0.6 is 0 Å². The van der Waals surface area contributed by atoms with E-state index in [0.717, 1.165) is 34.9 Å². The first-order chi connectivity index (χ1) is 17.7. The molecule has 2 aromatic carbocycles. The van der Waals surface area contributed by atoms with E-state index in [1.807, 2.05) is 24.3 Å². The lowest BCUT2D eigenvalue weighted by molar-refractivity contribution is -0.386. The Bertz CT molecular complexity index is 1450. The maximum Gasteiger partial charge on any atom is 0.407 e. The molecule has 2 heterocycles.